The zero-order valence-electron chi connectivity index (χ0n) is 17.4. The molecule has 1 aliphatic heterocycles. The van der Waals surface area contributed by atoms with E-state index in [0.717, 1.165) is 58.9 Å². The third-order valence-electron chi connectivity index (χ3n) is 5.88. The van der Waals surface area contributed by atoms with Crippen molar-refractivity contribution in [2.75, 3.05) is 20.2 Å². The van der Waals surface area contributed by atoms with E-state index in [1.807, 2.05) is 44.3 Å². The van der Waals surface area contributed by atoms with E-state index in [1.54, 1.807) is 13.2 Å². The highest BCUT2D eigenvalue weighted by Gasteiger charge is 2.21. The van der Waals surface area contributed by atoms with Crippen LogP contribution in [-0.4, -0.2) is 34.8 Å². The van der Waals surface area contributed by atoms with Gasteiger partial charge in [-0.05, 0) is 69.3 Å². The first-order chi connectivity index (χ1) is 14.1. The standard InChI is InChI=1S/C23H28N4O2/c1-16-23(25-24-17-7-9-18(29-3)10-8-17)22-19(15-27-13-5-4-6-14-27)21(28)12-11-20(22)26(16)2/h7-12,28H,4-6,13-15H2,1-3H3. The van der Waals surface area contributed by atoms with E-state index in [4.69, 9.17) is 4.74 Å². The molecule has 29 heavy (non-hydrogen) atoms. The van der Waals surface area contributed by atoms with Crippen LogP contribution in [0.3, 0.4) is 0 Å². The van der Waals surface area contributed by atoms with Gasteiger partial charge in [0.1, 0.15) is 17.2 Å². The summed E-state index contributed by atoms with van der Waals surface area (Å²) < 4.78 is 7.33. The van der Waals surface area contributed by atoms with Crippen molar-refractivity contribution in [3.63, 3.8) is 0 Å². The van der Waals surface area contributed by atoms with Crippen LogP contribution in [0.2, 0.25) is 0 Å². The highest BCUT2D eigenvalue weighted by atomic mass is 16.5. The molecule has 0 atom stereocenters. The minimum Gasteiger partial charge on any atom is -0.508 e. The Morgan fingerprint density at radius 3 is 2.41 bits per heavy atom. The second-order valence-electron chi connectivity index (χ2n) is 7.69. The molecule has 0 aliphatic carbocycles. The van der Waals surface area contributed by atoms with E-state index in [-0.39, 0.29) is 0 Å². The molecule has 1 aliphatic rings. The number of piperidine rings is 1. The summed E-state index contributed by atoms with van der Waals surface area (Å²) in [6, 6.07) is 11.3. The first-order valence-electron chi connectivity index (χ1n) is 10.2. The number of fused-ring (bicyclic) bond motifs is 1. The number of methoxy groups -OCH3 is 1. The summed E-state index contributed by atoms with van der Waals surface area (Å²) in [5.41, 5.74) is 4.62. The molecule has 0 bridgehead atoms. The van der Waals surface area contributed by atoms with Crippen molar-refractivity contribution in [3.05, 3.63) is 47.7 Å². The zero-order valence-corrected chi connectivity index (χ0v) is 17.4. The molecule has 0 spiro atoms. The lowest BCUT2D eigenvalue weighted by Gasteiger charge is -2.27. The number of phenols is 1. The Labute approximate surface area is 171 Å². The molecule has 1 saturated heterocycles. The van der Waals surface area contributed by atoms with Gasteiger partial charge in [0.2, 0.25) is 0 Å². The molecule has 2 aromatic carbocycles. The number of nitrogens with zero attached hydrogens (tertiary/aromatic N) is 4. The Balaban J connectivity index is 1.76. The quantitative estimate of drug-likeness (QED) is 0.575. The van der Waals surface area contributed by atoms with Crippen LogP contribution in [0.4, 0.5) is 11.4 Å². The summed E-state index contributed by atoms with van der Waals surface area (Å²) in [6.07, 6.45) is 3.72. The van der Waals surface area contributed by atoms with E-state index < -0.39 is 0 Å². The summed E-state index contributed by atoms with van der Waals surface area (Å²) >= 11 is 0. The number of aryl methyl sites for hydroxylation is 1. The second-order valence-corrected chi connectivity index (χ2v) is 7.69. The summed E-state index contributed by atoms with van der Waals surface area (Å²) in [6.45, 7) is 4.93. The van der Waals surface area contributed by atoms with Gasteiger partial charge in [0.15, 0.2) is 0 Å². The van der Waals surface area contributed by atoms with Crippen LogP contribution in [0.5, 0.6) is 11.5 Å². The van der Waals surface area contributed by atoms with Crippen LogP contribution in [0, 0.1) is 6.92 Å². The monoisotopic (exact) mass is 392 g/mol. The second kappa shape index (κ2) is 8.25. The Kier molecular flexibility index (Phi) is 5.53. The largest absolute Gasteiger partial charge is 0.508 e. The molecule has 1 fully saturated rings. The molecular weight excluding hydrogens is 364 g/mol. The van der Waals surface area contributed by atoms with Crippen molar-refractivity contribution in [2.45, 2.75) is 32.7 Å². The lowest BCUT2D eigenvalue weighted by Crippen LogP contribution is -2.29. The zero-order chi connectivity index (χ0) is 20.4. The van der Waals surface area contributed by atoms with Crippen LogP contribution < -0.4 is 4.74 Å². The molecule has 1 N–H and O–H groups in total. The number of benzene rings is 2. The van der Waals surface area contributed by atoms with Gasteiger partial charge in [0.25, 0.3) is 0 Å². The van der Waals surface area contributed by atoms with E-state index in [9.17, 15) is 5.11 Å². The lowest BCUT2D eigenvalue weighted by molar-refractivity contribution is 0.219. The molecule has 152 valence electrons. The molecule has 6 nitrogen and oxygen atoms in total. The molecule has 0 saturated carbocycles. The van der Waals surface area contributed by atoms with E-state index in [1.165, 1.54) is 19.3 Å². The van der Waals surface area contributed by atoms with Gasteiger partial charge < -0.3 is 14.4 Å². The predicted octanol–water partition coefficient (Wildman–Crippen LogP) is 5.60. The van der Waals surface area contributed by atoms with Crippen molar-refractivity contribution in [2.24, 2.45) is 17.3 Å². The SMILES string of the molecule is COc1ccc(N=Nc2c(C)n(C)c3ccc(O)c(CN4CCCCC4)c23)cc1. The predicted molar refractivity (Wildman–Crippen MR) is 116 cm³/mol. The van der Waals surface area contributed by atoms with Gasteiger partial charge >= 0.3 is 0 Å². The van der Waals surface area contributed by atoms with Crippen LogP contribution in [0.15, 0.2) is 46.6 Å². The highest BCUT2D eigenvalue weighted by molar-refractivity contribution is 5.97. The van der Waals surface area contributed by atoms with Gasteiger partial charge in [-0.15, -0.1) is 5.11 Å². The number of hydrogen-bond acceptors (Lipinski definition) is 5. The fourth-order valence-electron chi connectivity index (χ4n) is 4.07. The summed E-state index contributed by atoms with van der Waals surface area (Å²) in [7, 11) is 3.68. The van der Waals surface area contributed by atoms with Crippen LogP contribution in [0.1, 0.15) is 30.5 Å². The highest BCUT2D eigenvalue weighted by Crippen LogP contribution is 2.40. The molecule has 0 amide bonds. The fourth-order valence-corrected chi connectivity index (χ4v) is 4.07. The molecule has 1 aromatic heterocycles. The molecule has 0 unspecified atom stereocenters. The minimum atomic E-state index is 0.328. The maximum atomic E-state index is 10.7. The summed E-state index contributed by atoms with van der Waals surface area (Å²) in [5, 5.41) is 20.7. The maximum absolute atomic E-state index is 10.7. The Hall–Kier alpha value is -2.86. The summed E-state index contributed by atoms with van der Waals surface area (Å²) in [5.74, 6) is 1.12. The van der Waals surface area contributed by atoms with E-state index >= 15 is 0 Å². The molecule has 4 rings (SSSR count). The van der Waals surface area contributed by atoms with Gasteiger partial charge in [-0.25, -0.2) is 0 Å². The first kappa shape index (κ1) is 19.5. The average molecular weight is 393 g/mol. The van der Waals surface area contributed by atoms with Crippen molar-refractivity contribution >= 4 is 22.3 Å². The molecule has 2 heterocycles. The van der Waals surface area contributed by atoms with Gasteiger partial charge in [-0.2, -0.15) is 5.11 Å². The number of hydrogen-bond donors (Lipinski definition) is 1. The Morgan fingerprint density at radius 1 is 1.00 bits per heavy atom. The van der Waals surface area contributed by atoms with E-state index in [2.05, 4.69) is 19.7 Å². The van der Waals surface area contributed by atoms with Crippen molar-refractivity contribution in [3.8, 4) is 11.5 Å². The Morgan fingerprint density at radius 2 is 1.72 bits per heavy atom. The normalized spacial score (nSPS) is 15.4. The minimum absolute atomic E-state index is 0.328. The number of rotatable bonds is 5. The van der Waals surface area contributed by atoms with Crippen LogP contribution in [0.25, 0.3) is 10.9 Å². The molecule has 3 aromatic rings. The van der Waals surface area contributed by atoms with Crippen molar-refractivity contribution in [1.82, 2.24) is 9.47 Å². The van der Waals surface area contributed by atoms with Crippen LogP contribution >= 0.6 is 0 Å². The Bertz CT molecular complexity index is 1030. The third-order valence-corrected chi connectivity index (χ3v) is 5.88. The molecule has 0 radical (unpaired) electrons. The number of ether oxygens (including phenoxy) is 1. The smallest absolute Gasteiger partial charge is 0.120 e. The van der Waals surface area contributed by atoms with Crippen molar-refractivity contribution < 1.29 is 9.84 Å². The molecule has 6 heteroatoms. The van der Waals surface area contributed by atoms with Gasteiger partial charge in [-0.1, -0.05) is 6.42 Å². The van der Waals surface area contributed by atoms with Gasteiger partial charge in [0.05, 0.1) is 18.3 Å². The number of likely N-dealkylation sites (tertiary alicyclic amines) is 1. The van der Waals surface area contributed by atoms with Crippen LogP contribution in [-0.2, 0) is 13.6 Å². The number of phenolic OH excluding ortho intramolecular Hbond substituents is 1. The maximum Gasteiger partial charge on any atom is 0.120 e. The van der Waals surface area contributed by atoms with E-state index in [0.29, 0.717) is 5.75 Å². The summed E-state index contributed by atoms with van der Waals surface area (Å²) in [4.78, 5) is 2.42. The molecular formula is C23H28N4O2. The first-order valence-corrected chi connectivity index (χ1v) is 10.2. The van der Waals surface area contributed by atoms with Gasteiger partial charge in [-0.3, -0.25) is 4.90 Å². The van der Waals surface area contributed by atoms with Gasteiger partial charge in [0, 0.05) is 30.2 Å². The fraction of sp³-hybridized carbons (Fsp3) is 0.391. The number of aromatic nitrogens is 1. The third kappa shape index (κ3) is 3.85. The lowest BCUT2D eigenvalue weighted by atomic mass is 10.0. The van der Waals surface area contributed by atoms with Crippen molar-refractivity contribution in [1.29, 1.82) is 0 Å². The average Bonchev–Trinajstić information content (AvgIpc) is 3.00. The topological polar surface area (TPSA) is 62.4 Å². The number of azo groups is 1. The number of aromatic hydroxyl groups is 1.